The molecule has 0 saturated heterocycles. The molecule has 0 heterocycles. The molecule has 0 spiro atoms. The van der Waals surface area contributed by atoms with Crippen LogP contribution in [0.1, 0.15) is 27.6 Å². The second-order valence-corrected chi connectivity index (χ2v) is 5.57. The van der Waals surface area contributed by atoms with Crippen LogP contribution < -0.4 is 10.1 Å². The monoisotopic (exact) mass is 395 g/mol. The van der Waals surface area contributed by atoms with E-state index in [4.69, 9.17) is 4.74 Å². The molecule has 0 radical (unpaired) electrons. The average molecular weight is 395 g/mol. The lowest BCUT2D eigenvalue weighted by Crippen LogP contribution is -2.14. The predicted molar refractivity (Wildman–Crippen MR) is 90.1 cm³/mol. The Balaban J connectivity index is 2.34. The van der Waals surface area contributed by atoms with Crippen LogP contribution in [0.3, 0.4) is 0 Å². The minimum atomic E-state index is -0.237. The van der Waals surface area contributed by atoms with Gasteiger partial charge in [-0.1, -0.05) is 12.1 Å². The van der Waals surface area contributed by atoms with Gasteiger partial charge in [0.2, 0.25) is 0 Å². The van der Waals surface area contributed by atoms with E-state index in [2.05, 4.69) is 27.9 Å². The van der Waals surface area contributed by atoms with Crippen LogP contribution >= 0.6 is 22.6 Å². The van der Waals surface area contributed by atoms with Gasteiger partial charge in [-0.25, -0.2) is 0 Å². The van der Waals surface area contributed by atoms with Crippen molar-refractivity contribution in [2.24, 2.45) is 0 Å². The third-order valence-electron chi connectivity index (χ3n) is 2.97. The Bertz CT molecular complexity index is 698. The topological polar surface area (TPSA) is 55.4 Å². The highest BCUT2D eigenvalue weighted by molar-refractivity contribution is 14.1. The highest BCUT2D eigenvalue weighted by Crippen LogP contribution is 2.26. The Morgan fingerprint density at radius 1 is 1.14 bits per heavy atom. The molecule has 2 rings (SSSR count). The van der Waals surface area contributed by atoms with Crippen molar-refractivity contribution < 1.29 is 14.3 Å². The number of amides is 1. The quantitative estimate of drug-likeness (QED) is 0.634. The van der Waals surface area contributed by atoms with Gasteiger partial charge in [-0.3, -0.25) is 9.59 Å². The molecule has 1 amide bonds. The summed E-state index contributed by atoms with van der Waals surface area (Å²) in [6.45, 7) is 1.48. The molecule has 0 atom stereocenters. The summed E-state index contributed by atoms with van der Waals surface area (Å²) in [5, 5.41) is 2.79. The number of ketones is 1. The molecule has 108 valence electrons. The van der Waals surface area contributed by atoms with Crippen LogP contribution in [0.4, 0.5) is 5.69 Å². The van der Waals surface area contributed by atoms with Crippen molar-refractivity contribution in [3.8, 4) is 5.75 Å². The average Bonchev–Trinajstić information content (AvgIpc) is 2.47. The zero-order chi connectivity index (χ0) is 15.4. The van der Waals surface area contributed by atoms with Gasteiger partial charge in [-0.05, 0) is 59.8 Å². The molecule has 2 aromatic carbocycles. The summed E-state index contributed by atoms with van der Waals surface area (Å²) in [6.07, 6.45) is 0. The van der Waals surface area contributed by atoms with Crippen LogP contribution in [-0.2, 0) is 0 Å². The number of methoxy groups -OCH3 is 1. The summed E-state index contributed by atoms with van der Waals surface area (Å²) in [7, 11) is 1.52. The first kappa shape index (κ1) is 15.5. The molecule has 0 bridgehead atoms. The number of ether oxygens (including phenoxy) is 1. The van der Waals surface area contributed by atoms with Crippen LogP contribution in [0.2, 0.25) is 0 Å². The van der Waals surface area contributed by atoms with Gasteiger partial charge in [0.1, 0.15) is 5.75 Å². The molecular formula is C16H14INO3. The highest BCUT2D eigenvalue weighted by atomic mass is 127. The molecule has 0 aromatic heterocycles. The molecular weight excluding hydrogens is 381 g/mol. The van der Waals surface area contributed by atoms with Crippen LogP contribution in [0.5, 0.6) is 5.75 Å². The Labute approximate surface area is 136 Å². The molecule has 0 aliphatic heterocycles. The summed E-state index contributed by atoms with van der Waals surface area (Å²) in [4.78, 5) is 23.8. The van der Waals surface area contributed by atoms with E-state index in [0.717, 1.165) is 3.57 Å². The maximum atomic E-state index is 12.3. The SMILES string of the molecule is COc1ccc(C(C)=O)cc1NC(=O)c1ccccc1I. The van der Waals surface area contributed by atoms with E-state index < -0.39 is 0 Å². The van der Waals surface area contributed by atoms with Gasteiger partial charge >= 0.3 is 0 Å². The van der Waals surface area contributed by atoms with Gasteiger partial charge in [-0.15, -0.1) is 0 Å². The Morgan fingerprint density at radius 2 is 1.86 bits per heavy atom. The second kappa shape index (κ2) is 6.71. The van der Waals surface area contributed by atoms with Gasteiger partial charge in [0.15, 0.2) is 5.78 Å². The van der Waals surface area contributed by atoms with Crippen molar-refractivity contribution in [3.63, 3.8) is 0 Å². The molecule has 0 saturated carbocycles. The predicted octanol–water partition coefficient (Wildman–Crippen LogP) is 3.75. The van der Waals surface area contributed by atoms with Crippen molar-refractivity contribution in [1.29, 1.82) is 0 Å². The van der Waals surface area contributed by atoms with E-state index in [9.17, 15) is 9.59 Å². The fourth-order valence-electron chi connectivity index (χ4n) is 1.86. The minimum Gasteiger partial charge on any atom is -0.495 e. The molecule has 1 N–H and O–H groups in total. The number of nitrogens with one attached hydrogen (secondary N) is 1. The maximum absolute atomic E-state index is 12.3. The molecule has 21 heavy (non-hydrogen) atoms. The third kappa shape index (κ3) is 3.60. The van der Waals surface area contributed by atoms with Crippen molar-refractivity contribution in [3.05, 3.63) is 57.2 Å². The lowest BCUT2D eigenvalue weighted by atomic mass is 10.1. The van der Waals surface area contributed by atoms with Crippen molar-refractivity contribution >= 4 is 40.0 Å². The summed E-state index contributed by atoms with van der Waals surface area (Å²) in [6, 6.07) is 12.2. The van der Waals surface area contributed by atoms with Gasteiger partial charge in [0.25, 0.3) is 5.91 Å². The molecule has 0 fully saturated rings. The zero-order valence-corrected chi connectivity index (χ0v) is 13.8. The molecule has 4 nitrogen and oxygen atoms in total. The second-order valence-electron chi connectivity index (χ2n) is 4.41. The van der Waals surface area contributed by atoms with Crippen LogP contribution in [-0.4, -0.2) is 18.8 Å². The molecule has 2 aromatic rings. The van der Waals surface area contributed by atoms with Gasteiger partial charge in [-0.2, -0.15) is 0 Å². The zero-order valence-electron chi connectivity index (χ0n) is 11.6. The van der Waals surface area contributed by atoms with E-state index in [1.54, 1.807) is 30.3 Å². The number of Topliss-reactive ketones (excluding diaryl/α,β-unsaturated/α-hetero) is 1. The summed E-state index contributed by atoms with van der Waals surface area (Å²) in [5.74, 6) is 0.209. The molecule has 5 heteroatoms. The fraction of sp³-hybridized carbons (Fsp3) is 0.125. The summed E-state index contributed by atoms with van der Waals surface area (Å²) in [5.41, 5.74) is 1.58. The van der Waals surface area contributed by atoms with E-state index in [1.165, 1.54) is 14.0 Å². The maximum Gasteiger partial charge on any atom is 0.256 e. The fourth-order valence-corrected chi connectivity index (χ4v) is 2.49. The first-order valence-corrected chi connectivity index (χ1v) is 7.35. The summed E-state index contributed by atoms with van der Waals surface area (Å²) >= 11 is 2.11. The number of rotatable bonds is 4. The lowest BCUT2D eigenvalue weighted by molar-refractivity contribution is 0.101. The van der Waals surface area contributed by atoms with Gasteiger partial charge in [0, 0.05) is 9.13 Å². The molecule has 0 aliphatic rings. The molecule has 0 unspecified atom stereocenters. The Kier molecular flexibility index (Phi) is 4.95. The largest absolute Gasteiger partial charge is 0.495 e. The van der Waals surface area contributed by atoms with Gasteiger partial charge < -0.3 is 10.1 Å². The first-order valence-electron chi connectivity index (χ1n) is 6.27. The number of carbonyl (C=O) groups excluding carboxylic acids is 2. The number of carbonyl (C=O) groups is 2. The van der Waals surface area contributed by atoms with Crippen molar-refractivity contribution in [2.45, 2.75) is 6.92 Å². The number of halogens is 1. The van der Waals surface area contributed by atoms with E-state index in [-0.39, 0.29) is 11.7 Å². The number of benzene rings is 2. The van der Waals surface area contributed by atoms with Crippen molar-refractivity contribution in [1.82, 2.24) is 0 Å². The standard InChI is InChI=1S/C16H14INO3/c1-10(19)11-7-8-15(21-2)14(9-11)18-16(20)12-5-3-4-6-13(12)17/h3-9H,1-2H3,(H,18,20). The highest BCUT2D eigenvalue weighted by Gasteiger charge is 2.13. The Morgan fingerprint density at radius 3 is 2.48 bits per heavy atom. The van der Waals surface area contributed by atoms with E-state index >= 15 is 0 Å². The third-order valence-corrected chi connectivity index (χ3v) is 3.91. The van der Waals surface area contributed by atoms with E-state index in [0.29, 0.717) is 22.6 Å². The van der Waals surface area contributed by atoms with Crippen LogP contribution in [0.15, 0.2) is 42.5 Å². The van der Waals surface area contributed by atoms with Gasteiger partial charge in [0.05, 0.1) is 18.4 Å². The lowest BCUT2D eigenvalue weighted by Gasteiger charge is -2.12. The van der Waals surface area contributed by atoms with Crippen LogP contribution in [0.25, 0.3) is 0 Å². The van der Waals surface area contributed by atoms with E-state index in [1.807, 2.05) is 12.1 Å². The summed E-state index contributed by atoms with van der Waals surface area (Å²) < 4.78 is 6.07. The smallest absolute Gasteiger partial charge is 0.256 e. The number of hydrogen-bond donors (Lipinski definition) is 1. The number of hydrogen-bond acceptors (Lipinski definition) is 3. The number of anilines is 1. The normalized spacial score (nSPS) is 10.0. The minimum absolute atomic E-state index is 0.0672. The van der Waals surface area contributed by atoms with Crippen LogP contribution in [0, 0.1) is 3.57 Å². The molecule has 0 aliphatic carbocycles. The van der Waals surface area contributed by atoms with Crippen molar-refractivity contribution in [2.75, 3.05) is 12.4 Å². The Hall–Kier alpha value is -1.89. The first-order chi connectivity index (χ1) is 10.0.